The third kappa shape index (κ3) is 12.7. The molecule has 0 aromatic heterocycles. The molecular formula is C34H50O6. The van der Waals surface area contributed by atoms with Gasteiger partial charge in [-0.25, -0.2) is 4.79 Å². The minimum atomic E-state index is -0.524. The lowest BCUT2D eigenvalue weighted by molar-refractivity contribution is -0.160. The highest BCUT2D eigenvalue weighted by atomic mass is 16.7. The molecule has 0 N–H and O–H groups in total. The lowest BCUT2D eigenvalue weighted by atomic mass is 9.91. The van der Waals surface area contributed by atoms with Crippen LogP contribution < -0.4 is 9.47 Å². The van der Waals surface area contributed by atoms with E-state index >= 15 is 0 Å². The quantitative estimate of drug-likeness (QED) is 0.134. The van der Waals surface area contributed by atoms with Gasteiger partial charge in [0.25, 0.3) is 0 Å². The van der Waals surface area contributed by atoms with Crippen LogP contribution >= 0.6 is 0 Å². The predicted molar refractivity (Wildman–Crippen MR) is 168 cm³/mol. The van der Waals surface area contributed by atoms with Gasteiger partial charge in [-0.3, -0.25) is 4.79 Å². The maximum absolute atomic E-state index is 12.0. The molecule has 6 heteroatoms. The number of ether oxygens (including phenoxy) is 4. The summed E-state index contributed by atoms with van der Waals surface area (Å²) < 4.78 is 21.3. The number of carbonyl (C=O) groups excluding carboxylic acids is 2. The molecule has 6 nitrogen and oxygen atoms in total. The summed E-state index contributed by atoms with van der Waals surface area (Å²) in [4.78, 5) is 23.8. The van der Waals surface area contributed by atoms with Crippen LogP contribution in [0.15, 0.2) is 84.9 Å². The second kappa shape index (κ2) is 19.9. The van der Waals surface area contributed by atoms with Crippen molar-refractivity contribution >= 4 is 18.0 Å². The van der Waals surface area contributed by atoms with Crippen molar-refractivity contribution in [3.63, 3.8) is 0 Å². The van der Waals surface area contributed by atoms with Crippen molar-refractivity contribution in [3.8, 4) is 22.6 Å². The Morgan fingerprint density at radius 1 is 0.675 bits per heavy atom. The first-order valence-corrected chi connectivity index (χ1v) is 11.4. The zero-order valence-electron chi connectivity index (χ0n) is 20.2. The normalized spacial score (nSPS) is 9.78. The Hall–Kier alpha value is -4.06. The van der Waals surface area contributed by atoms with Crippen LogP contribution in [0.25, 0.3) is 17.2 Å². The van der Waals surface area contributed by atoms with E-state index in [0.717, 1.165) is 16.7 Å². The highest BCUT2D eigenvalue weighted by Gasteiger charge is 2.27. The second-order valence-corrected chi connectivity index (χ2v) is 8.45. The van der Waals surface area contributed by atoms with Crippen LogP contribution in [0, 0.1) is 5.41 Å². The fraction of sp³-hybridized carbons (Fsp3) is 0.353. The van der Waals surface area contributed by atoms with Crippen LogP contribution in [0.3, 0.4) is 0 Å². The van der Waals surface area contributed by atoms with Gasteiger partial charge in [0.05, 0.1) is 5.41 Å². The molecule has 3 rings (SSSR count). The molecule has 0 bridgehead atoms. The van der Waals surface area contributed by atoms with Gasteiger partial charge in [0.15, 0.2) is 0 Å². The number of rotatable bonds is 11. The van der Waals surface area contributed by atoms with Gasteiger partial charge in [-0.1, -0.05) is 98.7 Å². The number of carbonyl (C=O) groups is 2. The lowest BCUT2D eigenvalue weighted by Gasteiger charge is -2.20. The molecule has 0 atom stereocenters. The molecule has 0 unspecified atom stereocenters. The fourth-order valence-electron chi connectivity index (χ4n) is 2.91. The van der Waals surface area contributed by atoms with Crippen LogP contribution in [-0.2, 0) is 19.1 Å². The number of esters is 2. The summed E-state index contributed by atoms with van der Waals surface area (Å²) in [7, 11) is 0. The van der Waals surface area contributed by atoms with Crippen LogP contribution in [0.5, 0.6) is 11.5 Å². The van der Waals surface area contributed by atoms with Gasteiger partial charge in [0, 0.05) is 6.08 Å². The summed E-state index contributed by atoms with van der Waals surface area (Å²) in [5.41, 5.74) is 2.37. The van der Waals surface area contributed by atoms with Gasteiger partial charge < -0.3 is 18.9 Å². The van der Waals surface area contributed by atoms with E-state index < -0.39 is 11.4 Å². The molecule has 0 heterocycles. The highest BCUT2D eigenvalue weighted by Crippen LogP contribution is 2.25. The van der Waals surface area contributed by atoms with Gasteiger partial charge >= 0.3 is 11.9 Å². The number of benzene rings is 3. The third-order valence-corrected chi connectivity index (χ3v) is 5.53. The molecule has 0 radical (unpaired) electrons. The van der Waals surface area contributed by atoms with Crippen molar-refractivity contribution in [2.24, 2.45) is 5.41 Å². The molecule has 0 amide bonds. The molecule has 0 aliphatic rings. The zero-order valence-corrected chi connectivity index (χ0v) is 20.2. The summed E-state index contributed by atoms with van der Waals surface area (Å²) in [6.07, 6.45) is 3.75. The van der Waals surface area contributed by atoms with Gasteiger partial charge in [-0.2, -0.15) is 0 Å². The van der Waals surface area contributed by atoms with Crippen molar-refractivity contribution < 1.29 is 28.5 Å². The first kappa shape index (κ1) is 40.4. The largest absolute Gasteiger partial charge is 0.457 e. The Kier molecular flexibility index (Phi) is 20.1. The van der Waals surface area contributed by atoms with Crippen molar-refractivity contribution in [2.75, 3.05) is 13.6 Å². The Bertz CT molecular complexity index is 1120. The molecule has 0 aliphatic heterocycles. The molecule has 0 fully saturated rings. The molecule has 222 valence electrons. The third-order valence-electron chi connectivity index (χ3n) is 5.53. The van der Waals surface area contributed by atoms with E-state index in [1.807, 2.05) is 99.6 Å². The van der Waals surface area contributed by atoms with Crippen molar-refractivity contribution in [1.82, 2.24) is 0 Å². The maximum atomic E-state index is 12.0. The smallest absolute Gasteiger partial charge is 0.333 e. The summed E-state index contributed by atoms with van der Waals surface area (Å²) >= 11 is 0. The van der Waals surface area contributed by atoms with Gasteiger partial charge in [0.1, 0.15) is 11.5 Å². The minimum absolute atomic E-state index is 0. The van der Waals surface area contributed by atoms with Gasteiger partial charge in [0.2, 0.25) is 13.6 Å². The van der Waals surface area contributed by atoms with E-state index in [0.29, 0.717) is 17.9 Å². The van der Waals surface area contributed by atoms with Gasteiger partial charge in [-0.05, 0) is 67.3 Å². The van der Waals surface area contributed by atoms with Crippen LogP contribution in [0.4, 0.5) is 0 Å². The van der Waals surface area contributed by atoms with Gasteiger partial charge in [-0.15, -0.1) is 0 Å². The van der Waals surface area contributed by atoms with E-state index in [4.69, 9.17) is 18.9 Å². The molecule has 0 aliphatic carbocycles. The Balaban J connectivity index is -0.00000274. The first-order chi connectivity index (χ1) is 16.9. The van der Waals surface area contributed by atoms with Crippen molar-refractivity contribution in [1.29, 1.82) is 0 Å². The van der Waals surface area contributed by atoms with E-state index in [2.05, 4.69) is 0 Å². The fourth-order valence-corrected chi connectivity index (χ4v) is 2.91. The monoisotopic (exact) mass is 554 g/mol. The first-order valence-electron chi connectivity index (χ1n) is 11.4. The van der Waals surface area contributed by atoms with E-state index in [-0.39, 0.29) is 56.7 Å². The number of hydrogen-bond acceptors (Lipinski definition) is 6. The van der Waals surface area contributed by atoms with Crippen LogP contribution in [0.1, 0.15) is 69.9 Å². The van der Waals surface area contributed by atoms with Crippen LogP contribution in [-0.4, -0.2) is 25.5 Å². The summed E-state index contributed by atoms with van der Waals surface area (Å²) in [6.45, 7) is 5.33. The standard InChI is InChI=1S/C29H30O6.5CH4/c1-4-29(2,3)28(31)35-21-33-26-17-13-24(14-18-26)23-11-15-25(16-12-23)32-20-34-27(30)19-10-22-8-6-5-7-9-22;;;;;/h5-19H,4,20-21H2,1-3H3;5*1H4. The maximum Gasteiger partial charge on any atom is 0.333 e. The zero-order chi connectivity index (χ0) is 25.1. The predicted octanol–water partition coefficient (Wildman–Crippen LogP) is 9.44. The molecule has 40 heavy (non-hydrogen) atoms. The summed E-state index contributed by atoms with van der Waals surface area (Å²) in [6, 6.07) is 24.4. The SMILES string of the molecule is C.C.C.C.C.CCC(C)(C)C(=O)OCOc1ccc(-c2ccc(OCOC(=O)C=Cc3ccccc3)cc2)cc1. The number of hydrogen-bond donors (Lipinski definition) is 0. The Labute approximate surface area is 243 Å². The molecule has 0 saturated carbocycles. The summed E-state index contributed by atoms with van der Waals surface area (Å²) in [5.74, 6) is 0.443. The van der Waals surface area contributed by atoms with Crippen molar-refractivity contribution in [3.05, 3.63) is 90.5 Å². The topological polar surface area (TPSA) is 71.1 Å². The van der Waals surface area contributed by atoms with Crippen LogP contribution in [0.2, 0.25) is 0 Å². The molecule has 3 aromatic carbocycles. The minimum Gasteiger partial charge on any atom is -0.457 e. The molecule has 0 saturated heterocycles. The van der Waals surface area contributed by atoms with Crippen molar-refractivity contribution in [2.45, 2.75) is 64.3 Å². The van der Waals surface area contributed by atoms with E-state index in [1.165, 1.54) is 6.08 Å². The Morgan fingerprint density at radius 3 is 1.57 bits per heavy atom. The molecular weight excluding hydrogens is 504 g/mol. The average molecular weight is 555 g/mol. The lowest BCUT2D eigenvalue weighted by Crippen LogP contribution is -2.27. The molecule has 0 spiro atoms. The van der Waals surface area contributed by atoms with E-state index in [1.54, 1.807) is 6.08 Å². The summed E-state index contributed by atoms with van der Waals surface area (Å²) in [5, 5.41) is 0. The van der Waals surface area contributed by atoms with E-state index in [9.17, 15) is 9.59 Å². The highest BCUT2D eigenvalue weighted by molar-refractivity contribution is 5.87. The second-order valence-electron chi connectivity index (χ2n) is 8.45. The Morgan fingerprint density at radius 2 is 1.12 bits per heavy atom. The molecule has 3 aromatic rings. The average Bonchev–Trinajstić information content (AvgIpc) is 2.89.